The molecule has 10 heteroatoms. The van der Waals surface area contributed by atoms with E-state index < -0.39 is 11.7 Å². The van der Waals surface area contributed by atoms with Gasteiger partial charge in [0.2, 0.25) is 5.13 Å². The Balaban J connectivity index is 1.43. The number of hydrogen-bond acceptors (Lipinski definition) is 7. The maximum absolute atomic E-state index is 12.9. The highest BCUT2D eigenvalue weighted by atomic mass is 32.2. The van der Waals surface area contributed by atoms with Crippen LogP contribution in [0.5, 0.6) is 0 Å². The van der Waals surface area contributed by atoms with Gasteiger partial charge in [0.25, 0.3) is 0 Å². The first-order valence-electron chi connectivity index (χ1n) is 9.70. The Labute approximate surface area is 177 Å². The third kappa shape index (κ3) is 6.48. The number of aromatic nitrogens is 2. The van der Waals surface area contributed by atoms with Crippen molar-refractivity contribution in [3.8, 4) is 0 Å². The van der Waals surface area contributed by atoms with Crippen LogP contribution < -0.4 is 10.2 Å². The molecule has 1 aliphatic heterocycles. The zero-order valence-electron chi connectivity index (χ0n) is 16.6. The topological polar surface area (TPSA) is 44.3 Å². The highest BCUT2D eigenvalue weighted by Crippen LogP contribution is 2.32. The number of nitrogens with zero attached hydrogens (tertiary/aromatic N) is 4. The van der Waals surface area contributed by atoms with Crippen molar-refractivity contribution in [3.05, 3.63) is 29.8 Å². The zero-order valence-corrected chi connectivity index (χ0v) is 18.2. The predicted molar refractivity (Wildman–Crippen MR) is 114 cm³/mol. The minimum Gasteiger partial charge on any atom is -0.369 e. The van der Waals surface area contributed by atoms with Crippen molar-refractivity contribution in [2.75, 3.05) is 55.2 Å². The number of piperazine rings is 1. The van der Waals surface area contributed by atoms with Gasteiger partial charge in [-0.05, 0) is 31.0 Å². The van der Waals surface area contributed by atoms with E-state index in [2.05, 4.69) is 27.3 Å². The Morgan fingerprint density at radius 3 is 2.66 bits per heavy atom. The second-order valence-corrected chi connectivity index (χ2v) is 9.40. The fourth-order valence-corrected chi connectivity index (χ4v) is 5.12. The molecule has 1 saturated heterocycles. The number of anilines is 2. The van der Waals surface area contributed by atoms with E-state index in [0.717, 1.165) is 60.6 Å². The highest BCUT2D eigenvalue weighted by molar-refractivity contribution is 8.01. The second kappa shape index (κ2) is 9.99. The standard InChI is InChI=1S/C19H26F3N5S2/c1-3-23-17-24-25-18(29-17)28-13-14(2)12-26-7-9-27(10-8-26)16-6-4-5-15(11-16)19(20,21)22/h4-6,11,14H,3,7-10,12-13H2,1-2H3,(H,23,24). The normalized spacial score (nSPS) is 16.8. The number of alkyl halides is 3. The molecule has 160 valence electrons. The lowest BCUT2D eigenvalue weighted by Gasteiger charge is -2.37. The Kier molecular flexibility index (Phi) is 7.64. The van der Waals surface area contributed by atoms with Gasteiger partial charge in [-0.25, -0.2) is 0 Å². The monoisotopic (exact) mass is 445 g/mol. The summed E-state index contributed by atoms with van der Waals surface area (Å²) in [6.07, 6.45) is -4.30. The van der Waals surface area contributed by atoms with Gasteiger partial charge in [0.1, 0.15) is 0 Å². The van der Waals surface area contributed by atoms with Crippen molar-refractivity contribution in [2.24, 2.45) is 5.92 Å². The van der Waals surface area contributed by atoms with Crippen molar-refractivity contribution < 1.29 is 13.2 Å². The van der Waals surface area contributed by atoms with Gasteiger partial charge in [-0.15, -0.1) is 10.2 Å². The van der Waals surface area contributed by atoms with Gasteiger partial charge in [-0.2, -0.15) is 13.2 Å². The largest absolute Gasteiger partial charge is 0.416 e. The quantitative estimate of drug-likeness (QED) is 0.602. The number of benzene rings is 1. The molecule has 5 nitrogen and oxygen atoms in total. The van der Waals surface area contributed by atoms with Gasteiger partial charge >= 0.3 is 6.18 Å². The van der Waals surface area contributed by atoms with Crippen LogP contribution in [0.3, 0.4) is 0 Å². The van der Waals surface area contributed by atoms with E-state index in [1.807, 2.05) is 11.8 Å². The van der Waals surface area contributed by atoms with Crippen LogP contribution in [-0.2, 0) is 6.18 Å². The predicted octanol–water partition coefficient (Wildman–Crippen LogP) is 4.54. The number of rotatable bonds is 8. The molecule has 3 rings (SSSR count). The molecule has 1 aromatic carbocycles. The van der Waals surface area contributed by atoms with Crippen LogP contribution in [0, 0.1) is 5.92 Å². The summed E-state index contributed by atoms with van der Waals surface area (Å²) in [4.78, 5) is 4.42. The van der Waals surface area contributed by atoms with Crippen LogP contribution in [0.2, 0.25) is 0 Å². The Hall–Kier alpha value is -1.52. The van der Waals surface area contributed by atoms with Gasteiger partial charge in [0, 0.05) is 50.7 Å². The molecule has 1 N–H and O–H groups in total. The fourth-order valence-electron chi connectivity index (χ4n) is 3.27. The van der Waals surface area contributed by atoms with Crippen LogP contribution in [0.15, 0.2) is 28.6 Å². The molecule has 1 aromatic heterocycles. The number of hydrogen-bond donors (Lipinski definition) is 1. The van der Waals surface area contributed by atoms with E-state index in [1.54, 1.807) is 29.2 Å². The van der Waals surface area contributed by atoms with Crippen LogP contribution in [0.1, 0.15) is 19.4 Å². The smallest absolute Gasteiger partial charge is 0.369 e. The minimum atomic E-state index is -4.30. The Morgan fingerprint density at radius 2 is 1.97 bits per heavy atom. The average molecular weight is 446 g/mol. The van der Waals surface area contributed by atoms with E-state index in [-0.39, 0.29) is 0 Å². The van der Waals surface area contributed by atoms with Crippen molar-refractivity contribution in [3.63, 3.8) is 0 Å². The lowest BCUT2D eigenvalue weighted by Crippen LogP contribution is -2.47. The molecule has 0 amide bonds. The number of halogens is 3. The molecule has 2 heterocycles. The molecule has 1 atom stereocenters. The summed E-state index contributed by atoms with van der Waals surface area (Å²) in [7, 11) is 0. The van der Waals surface area contributed by atoms with Crippen molar-refractivity contribution in [1.82, 2.24) is 15.1 Å². The molecule has 0 spiro atoms. The molecule has 0 saturated carbocycles. The SMILES string of the molecule is CCNc1nnc(SCC(C)CN2CCN(c3cccc(C(F)(F)F)c3)CC2)s1. The first-order valence-corrected chi connectivity index (χ1v) is 11.5. The molecular formula is C19H26F3N5S2. The maximum atomic E-state index is 12.9. The molecule has 29 heavy (non-hydrogen) atoms. The summed E-state index contributed by atoms with van der Waals surface area (Å²) in [5, 5.41) is 12.3. The Morgan fingerprint density at radius 1 is 1.21 bits per heavy atom. The van der Waals surface area contributed by atoms with Crippen molar-refractivity contribution in [2.45, 2.75) is 24.4 Å². The summed E-state index contributed by atoms with van der Waals surface area (Å²) in [6, 6.07) is 5.61. The van der Waals surface area contributed by atoms with E-state index in [0.29, 0.717) is 11.6 Å². The lowest BCUT2D eigenvalue weighted by molar-refractivity contribution is -0.137. The third-order valence-corrected chi connectivity index (χ3v) is 7.05. The minimum absolute atomic E-state index is 0.492. The van der Waals surface area contributed by atoms with Crippen molar-refractivity contribution >= 4 is 33.9 Å². The maximum Gasteiger partial charge on any atom is 0.416 e. The van der Waals surface area contributed by atoms with Crippen molar-refractivity contribution in [1.29, 1.82) is 0 Å². The third-order valence-electron chi connectivity index (χ3n) is 4.71. The van der Waals surface area contributed by atoms with Gasteiger partial charge in [-0.3, -0.25) is 4.90 Å². The van der Waals surface area contributed by atoms with Crippen LogP contribution in [0.25, 0.3) is 0 Å². The molecule has 1 unspecified atom stereocenters. The average Bonchev–Trinajstić information content (AvgIpc) is 3.14. The molecule has 0 aliphatic carbocycles. The molecule has 0 radical (unpaired) electrons. The second-order valence-electron chi connectivity index (χ2n) is 7.16. The molecule has 0 bridgehead atoms. The van der Waals surface area contributed by atoms with E-state index in [4.69, 9.17) is 0 Å². The zero-order chi connectivity index (χ0) is 20.9. The van der Waals surface area contributed by atoms with Gasteiger partial charge in [0.15, 0.2) is 4.34 Å². The molecule has 2 aromatic rings. The number of thioether (sulfide) groups is 1. The first kappa shape index (κ1) is 22.2. The van der Waals surface area contributed by atoms with Crippen LogP contribution in [0.4, 0.5) is 24.0 Å². The van der Waals surface area contributed by atoms with Gasteiger partial charge in [0.05, 0.1) is 5.56 Å². The molecular weight excluding hydrogens is 419 g/mol. The van der Waals surface area contributed by atoms with E-state index in [9.17, 15) is 13.2 Å². The van der Waals surface area contributed by atoms with Gasteiger partial charge in [-0.1, -0.05) is 36.1 Å². The Bertz CT molecular complexity index is 775. The molecule has 1 aliphatic rings. The summed E-state index contributed by atoms with van der Waals surface area (Å²) in [6.45, 7) is 9.25. The van der Waals surface area contributed by atoms with E-state index >= 15 is 0 Å². The highest BCUT2D eigenvalue weighted by Gasteiger charge is 2.31. The number of nitrogens with one attached hydrogen (secondary N) is 1. The van der Waals surface area contributed by atoms with E-state index in [1.165, 1.54) is 12.1 Å². The van der Waals surface area contributed by atoms with Gasteiger partial charge < -0.3 is 10.2 Å². The summed E-state index contributed by atoms with van der Waals surface area (Å²) >= 11 is 3.30. The fraction of sp³-hybridized carbons (Fsp3) is 0.579. The summed E-state index contributed by atoms with van der Waals surface area (Å²) in [5.41, 5.74) is 0.0629. The summed E-state index contributed by atoms with van der Waals surface area (Å²) < 4.78 is 39.8. The van der Waals surface area contributed by atoms with Crippen LogP contribution >= 0.6 is 23.1 Å². The molecule has 1 fully saturated rings. The summed E-state index contributed by atoms with van der Waals surface area (Å²) in [5.74, 6) is 1.46. The lowest BCUT2D eigenvalue weighted by atomic mass is 10.1. The first-order chi connectivity index (χ1) is 13.8. The van der Waals surface area contributed by atoms with Crippen LogP contribution in [-0.4, -0.2) is 60.1 Å².